The molecule has 3 rings (SSSR count). The van der Waals surface area contributed by atoms with E-state index >= 15 is 0 Å². The molecule has 0 bridgehead atoms. The molecular formula is C16H20O2. The van der Waals surface area contributed by atoms with Crippen molar-refractivity contribution < 1.29 is 9.53 Å². The van der Waals surface area contributed by atoms with E-state index in [-0.39, 0.29) is 17.3 Å². The number of methoxy groups -OCH3 is 1. The van der Waals surface area contributed by atoms with Crippen molar-refractivity contribution in [2.45, 2.75) is 44.4 Å². The van der Waals surface area contributed by atoms with Gasteiger partial charge in [0.05, 0.1) is 13.0 Å². The van der Waals surface area contributed by atoms with Gasteiger partial charge in [0.15, 0.2) is 0 Å². The SMILES string of the molecule is COC(=O)C1CC12CCCCc1ccc(C)cc12. The molecule has 0 aliphatic heterocycles. The second kappa shape index (κ2) is 4.11. The zero-order chi connectivity index (χ0) is 12.8. The molecule has 0 radical (unpaired) electrons. The molecule has 0 saturated heterocycles. The molecule has 2 aliphatic carbocycles. The van der Waals surface area contributed by atoms with Crippen LogP contribution in [0.2, 0.25) is 0 Å². The van der Waals surface area contributed by atoms with E-state index in [1.165, 1.54) is 36.6 Å². The Morgan fingerprint density at radius 1 is 1.39 bits per heavy atom. The van der Waals surface area contributed by atoms with Crippen LogP contribution in [0.3, 0.4) is 0 Å². The predicted octanol–water partition coefficient (Wildman–Crippen LogP) is 3.15. The fourth-order valence-corrected chi connectivity index (χ4v) is 3.59. The molecule has 1 aromatic rings. The zero-order valence-corrected chi connectivity index (χ0v) is 11.2. The van der Waals surface area contributed by atoms with E-state index in [0.717, 1.165) is 19.3 Å². The minimum absolute atomic E-state index is 0.0237. The number of hydrogen-bond donors (Lipinski definition) is 0. The number of carbonyl (C=O) groups is 1. The Hall–Kier alpha value is -1.31. The van der Waals surface area contributed by atoms with Crippen molar-refractivity contribution in [2.24, 2.45) is 5.92 Å². The van der Waals surface area contributed by atoms with Crippen LogP contribution in [-0.4, -0.2) is 13.1 Å². The van der Waals surface area contributed by atoms with Crippen LogP contribution >= 0.6 is 0 Å². The first kappa shape index (κ1) is 11.8. The Balaban J connectivity index is 2.03. The lowest BCUT2D eigenvalue weighted by Crippen LogP contribution is -2.17. The number of carbonyl (C=O) groups excluding carboxylic acids is 1. The maximum atomic E-state index is 11.8. The van der Waals surface area contributed by atoms with Crippen LogP contribution in [0.15, 0.2) is 18.2 Å². The first-order chi connectivity index (χ1) is 8.67. The van der Waals surface area contributed by atoms with E-state index in [2.05, 4.69) is 25.1 Å². The molecule has 2 atom stereocenters. The monoisotopic (exact) mass is 244 g/mol. The molecule has 2 aliphatic rings. The zero-order valence-electron chi connectivity index (χ0n) is 11.2. The molecule has 2 unspecified atom stereocenters. The Morgan fingerprint density at radius 2 is 2.22 bits per heavy atom. The lowest BCUT2D eigenvalue weighted by atomic mass is 9.86. The molecule has 2 nitrogen and oxygen atoms in total. The molecule has 0 aromatic heterocycles. The minimum atomic E-state index is -0.0237. The van der Waals surface area contributed by atoms with Crippen molar-refractivity contribution in [3.63, 3.8) is 0 Å². The third-order valence-electron chi connectivity index (χ3n) is 4.68. The number of esters is 1. The van der Waals surface area contributed by atoms with E-state index in [9.17, 15) is 4.79 Å². The van der Waals surface area contributed by atoms with E-state index in [0.29, 0.717) is 0 Å². The van der Waals surface area contributed by atoms with Crippen LogP contribution in [0.1, 0.15) is 42.4 Å². The van der Waals surface area contributed by atoms with Crippen molar-refractivity contribution in [3.8, 4) is 0 Å². The van der Waals surface area contributed by atoms with Gasteiger partial charge in [0.1, 0.15) is 0 Å². The number of rotatable bonds is 1. The van der Waals surface area contributed by atoms with E-state index in [4.69, 9.17) is 4.74 Å². The predicted molar refractivity (Wildman–Crippen MR) is 70.5 cm³/mol. The van der Waals surface area contributed by atoms with Crippen molar-refractivity contribution in [1.29, 1.82) is 0 Å². The highest BCUT2D eigenvalue weighted by atomic mass is 16.5. The molecule has 1 fully saturated rings. The topological polar surface area (TPSA) is 26.3 Å². The Labute approximate surface area is 108 Å². The van der Waals surface area contributed by atoms with E-state index < -0.39 is 0 Å². The molecule has 1 aromatic carbocycles. The molecule has 1 spiro atoms. The minimum Gasteiger partial charge on any atom is -0.469 e. The first-order valence-corrected chi connectivity index (χ1v) is 6.85. The van der Waals surface area contributed by atoms with Crippen molar-refractivity contribution in [3.05, 3.63) is 34.9 Å². The second-order valence-electron chi connectivity index (χ2n) is 5.80. The summed E-state index contributed by atoms with van der Waals surface area (Å²) in [5, 5.41) is 0. The molecule has 2 heteroatoms. The molecule has 96 valence electrons. The molecule has 18 heavy (non-hydrogen) atoms. The van der Waals surface area contributed by atoms with Gasteiger partial charge in [-0.1, -0.05) is 30.2 Å². The van der Waals surface area contributed by atoms with E-state index in [1.807, 2.05) is 0 Å². The van der Waals surface area contributed by atoms with Gasteiger partial charge in [-0.15, -0.1) is 0 Å². The number of hydrogen-bond acceptors (Lipinski definition) is 2. The maximum Gasteiger partial charge on any atom is 0.309 e. The van der Waals surface area contributed by atoms with Gasteiger partial charge in [0.25, 0.3) is 0 Å². The first-order valence-electron chi connectivity index (χ1n) is 6.85. The van der Waals surface area contributed by atoms with Gasteiger partial charge in [-0.2, -0.15) is 0 Å². The van der Waals surface area contributed by atoms with Crippen LogP contribution in [0.4, 0.5) is 0 Å². The third kappa shape index (κ3) is 1.66. The van der Waals surface area contributed by atoms with Crippen molar-refractivity contribution in [1.82, 2.24) is 0 Å². The lowest BCUT2D eigenvalue weighted by Gasteiger charge is -2.18. The van der Waals surface area contributed by atoms with Gasteiger partial charge in [-0.3, -0.25) is 4.79 Å². The maximum absolute atomic E-state index is 11.8. The van der Waals surface area contributed by atoms with Gasteiger partial charge in [0, 0.05) is 5.41 Å². The normalized spacial score (nSPS) is 29.6. The highest BCUT2D eigenvalue weighted by molar-refractivity contribution is 5.79. The van der Waals surface area contributed by atoms with Gasteiger partial charge in [-0.25, -0.2) is 0 Å². The summed E-state index contributed by atoms with van der Waals surface area (Å²) in [5.41, 5.74) is 4.27. The van der Waals surface area contributed by atoms with Gasteiger partial charge >= 0.3 is 5.97 Å². The van der Waals surface area contributed by atoms with Gasteiger partial charge < -0.3 is 4.74 Å². The van der Waals surface area contributed by atoms with Crippen LogP contribution in [0.25, 0.3) is 0 Å². The van der Waals surface area contributed by atoms with Crippen LogP contribution in [0, 0.1) is 12.8 Å². The summed E-state index contributed by atoms with van der Waals surface area (Å²) in [5.74, 6) is 0.0745. The Morgan fingerprint density at radius 3 is 3.00 bits per heavy atom. The number of benzene rings is 1. The smallest absolute Gasteiger partial charge is 0.309 e. The summed E-state index contributed by atoms with van der Waals surface area (Å²) in [6.45, 7) is 2.13. The largest absolute Gasteiger partial charge is 0.469 e. The summed E-state index contributed by atoms with van der Waals surface area (Å²) in [7, 11) is 1.50. The number of aryl methyl sites for hydroxylation is 2. The van der Waals surface area contributed by atoms with Gasteiger partial charge in [-0.05, 0) is 43.7 Å². The van der Waals surface area contributed by atoms with Crippen LogP contribution in [-0.2, 0) is 21.4 Å². The van der Waals surface area contributed by atoms with Crippen LogP contribution in [0.5, 0.6) is 0 Å². The lowest BCUT2D eigenvalue weighted by molar-refractivity contribution is -0.142. The fourth-order valence-electron chi connectivity index (χ4n) is 3.59. The van der Waals surface area contributed by atoms with E-state index in [1.54, 1.807) is 0 Å². The highest BCUT2D eigenvalue weighted by Crippen LogP contribution is 2.60. The van der Waals surface area contributed by atoms with Crippen molar-refractivity contribution in [2.75, 3.05) is 7.11 Å². The highest BCUT2D eigenvalue weighted by Gasteiger charge is 2.60. The molecular weight excluding hydrogens is 224 g/mol. The van der Waals surface area contributed by atoms with Gasteiger partial charge in [0.2, 0.25) is 0 Å². The average molecular weight is 244 g/mol. The average Bonchev–Trinajstić information content (AvgIpc) is 3.13. The third-order valence-corrected chi connectivity index (χ3v) is 4.68. The Bertz CT molecular complexity index is 492. The number of fused-ring (bicyclic) bond motifs is 2. The molecule has 0 N–H and O–H groups in total. The quantitative estimate of drug-likeness (QED) is 0.709. The summed E-state index contributed by atoms with van der Waals surface area (Å²) < 4.78 is 4.95. The van der Waals surface area contributed by atoms with Crippen molar-refractivity contribution >= 4 is 5.97 Å². The summed E-state index contributed by atoms with van der Waals surface area (Å²) in [4.78, 5) is 11.8. The molecule has 0 heterocycles. The summed E-state index contributed by atoms with van der Waals surface area (Å²) >= 11 is 0. The Kier molecular flexibility index (Phi) is 2.69. The molecule has 0 amide bonds. The molecule has 1 saturated carbocycles. The summed E-state index contributed by atoms with van der Waals surface area (Å²) in [6.07, 6.45) is 5.75. The standard InChI is InChI=1S/C16H20O2/c1-11-6-7-12-5-3-4-8-16(13(12)9-11)10-14(16)15(17)18-2/h6-7,9,14H,3-5,8,10H2,1-2H3. The fraction of sp³-hybridized carbons (Fsp3) is 0.562. The second-order valence-corrected chi connectivity index (χ2v) is 5.80. The number of ether oxygens (including phenoxy) is 1. The van der Waals surface area contributed by atoms with Crippen LogP contribution < -0.4 is 0 Å². The summed E-state index contributed by atoms with van der Waals surface area (Å²) in [6, 6.07) is 6.74.